The number of amides is 3. The number of rotatable bonds is 6. The lowest BCUT2D eigenvalue weighted by Crippen LogP contribution is -2.59. The lowest BCUT2D eigenvalue weighted by Gasteiger charge is -2.47. The van der Waals surface area contributed by atoms with Gasteiger partial charge >= 0.3 is 0 Å². The summed E-state index contributed by atoms with van der Waals surface area (Å²) in [4.78, 5) is 53.9. The first-order valence-electron chi connectivity index (χ1n) is 21.0. The summed E-state index contributed by atoms with van der Waals surface area (Å²) < 4.78 is 40.5. The summed E-state index contributed by atoms with van der Waals surface area (Å²) in [5.41, 5.74) is 5.26. The highest BCUT2D eigenvalue weighted by Crippen LogP contribution is 2.36. The number of hydrogen-bond acceptors (Lipinski definition) is 11. The minimum atomic E-state index is -1.04. The third-order valence-electron chi connectivity index (χ3n) is 12.6. The second kappa shape index (κ2) is 16.5. The van der Waals surface area contributed by atoms with E-state index in [1.54, 1.807) is 23.0 Å². The van der Waals surface area contributed by atoms with Crippen molar-refractivity contribution in [1.82, 2.24) is 34.5 Å². The van der Waals surface area contributed by atoms with Gasteiger partial charge in [-0.25, -0.2) is 18.4 Å². The molecule has 0 spiro atoms. The van der Waals surface area contributed by atoms with E-state index >= 15 is 8.78 Å². The number of fused-ring (bicyclic) bond motifs is 7. The molecule has 0 aliphatic carbocycles. The Morgan fingerprint density at radius 1 is 0.918 bits per heavy atom. The Labute approximate surface area is 351 Å². The van der Waals surface area contributed by atoms with Crippen LogP contribution >= 0.6 is 0 Å². The van der Waals surface area contributed by atoms with Crippen LogP contribution < -0.4 is 25.2 Å². The van der Waals surface area contributed by atoms with Crippen LogP contribution in [0.2, 0.25) is 0 Å². The molecule has 9 rings (SSSR count). The van der Waals surface area contributed by atoms with Gasteiger partial charge < -0.3 is 24.2 Å². The molecule has 17 heteroatoms. The number of anilines is 3. The number of nitrogens with one attached hydrogen (secondary N) is 2. The molecular formula is C44H50F2N10O5. The number of carbonyl (C=O) groups is 3. The molecule has 7 heterocycles. The molecule has 2 aromatic carbocycles. The van der Waals surface area contributed by atoms with E-state index in [2.05, 4.69) is 43.1 Å². The number of piperidine rings is 1. The number of piperazine rings is 1. The molecule has 3 aromatic heterocycles. The van der Waals surface area contributed by atoms with Crippen LogP contribution in [-0.2, 0) is 23.2 Å². The fourth-order valence-electron chi connectivity index (χ4n) is 9.30. The first kappa shape index (κ1) is 40.5. The lowest BCUT2D eigenvalue weighted by atomic mass is 9.89. The first-order valence-corrected chi connectivity index (χ1v) is 21.0. The van der Waals surface area contributed by atoms with Gasteiger partial charge in [0.05, 0.1) is 53.7 Å². The molecule has 4 aliphatic heterocycles. The average Bonchev–Trinajstić information content (AvgIpc) is 3.75. The average molecular weight is 837 g/mol. The van der Waals surface area contributed by atoms with Crippen molar-refractivity contribution in [2.45, 2.75) is 58.0 Å². The molecule has 0 unspecified atom stereocenters. The van der Waals surface area contributed by atoms with E-state index in [0.717, 1.165) is 54.8 Å². The molecule has 2 bridgehead atoms. The number of hydrogen-bond donors (Lipinski definition) is 3. The van der Waals surface area contributed by atoms with E-state index in [9.17, 15) is 19.5 Å². The van der Waals surface area contributed by atoms with Crippen molar-refractivity contribution in [1.29, 1.82) is 0 Å². The maximum atomic E-state index is 15.2. The standard InChI is InChI=1S/C44H50F2N10O5/c1-25-5-4-12-61-43-33(18-47-52(43)3)37-14-28(13-26(2)48-37)41(59)51-44-49-36-8-6-29(17-38(36)56(44)19-25)54-11-10-53(31(23-54)24-57)20-27-21-55(22-27)30-15-34(45)40(35(46)16-30)32-7-9-39(58)50-42(32)60/h6,8,13-18,25,27,31-32,57H,4-5,7,9-12,19-24H2,1-3H3,(H,49,51,59)(H,50,58,60)/t25-,31-,32-/m1/s1. The van der Waals surface area contributed by atoms with Crippen LogP contribution in [0.3, 0.4) is 0 Å². The zero-order chi connectivity index (χ0) is 42.5. The summed E-state index contributed by atoms with van der Waals surface area (Å²) in [6.45, 7) is 9.14. The Kier molecular flexibility index (Phi) is 10.9. The third kappa shape index (κ3) is 8.03. The Morgan fingerprint density at radius 3 is 2.49 bits per heavy atom. The van der Waals surface area contributed by atoms with Crippen molar-refractivity contribution in [3.8, 4) is 17.1 Å². The predicted molar refractivity (Wildman–Crippen MR) is 225 cm³/mol. The Bertz CT molecular complexity index is 2490. The maximum Gasteiger partial charge on any atom is 0.258 e. The summed E-state index contributed by atoms with van der Waals surface area (Å²) in [7, 11) is 1.83. The summed E-state index contributed by atoms with van der Waals surface area (Å²) in [5, 5.41) is 20.3. The van der Waals surface area contributed by atoms with E-state index < -0.39 is 29.4 Å². The number of pyridine rings is 1. The van der Waals surface area contributed by atoms with Crippen LogP contribution in [0.1, 0.15) is 60.1 Å². The van der Waals surface area contributed by atoms with Gasteiger partial charge in [0.25, 0.3) is 5.91 Å². The van der Waals surface area contributed by atoms with Crippen molar-refractivity contribution in [2.24, 2.45) is 18.9 Å². The summed E-state index contributed by atoms with van der Waals surface area (Å²) in [6.07, 6.45) is 3.53. The fraction of sp³-hybridized carbons (Fsp3) is 0.455. The number of carbonyl (C=O) groups excluding carboxylic acids is 3. The third-order valence-corrected chi connectivity index (χ3v) is 12.6. The number of imidazole rings is 1. The molecule has 3 amide bonds. The molecular weight excluding hydrogens is 787 g/mol. The summed E-state index contributed by atoms with van der Waals surface area (Å²) in [6, 6.07) is 12.1. The minimum absolute atomic E-state index is 0.0272. The number of ether oxygens (including phenoxy) is 1. The van der Waals surface area contributed by atoms with Crippen LogP contribution in [0.4, 0.5) is 26.1 Å². The smallest absolute Gasteiger partial charge is 0.258 e. The van der Waals surface area contributed by atoms with Crippen molar-refractivity contribution in [3.05, 3.63) is 77.1 Å². The van der Waals surface area contributed by atoms with Gasteiger partial charge in [-0.1, -0.05) is 6.92 Å². The van der Waals surface area contributed by atoms with E-state index in [1.165, 1.54) is 12.1 Å². The number of aliphatic hydroxyl groups excluding tert-OH is 1. The van der Waals surface area contributed by atoms with Crippen LogP contribution in [0.5, 0.6) is 5.88 Å². The zero-order valence-electron chi connectivity index (χ0n) is 34.5. The molecule has 0 radical (unpaired) electrons. The highest BCUT2D eigenvalue weighted by atomic mass is 19.1. The molecule has 3 saturated heterocycles. The van der Waals surface area contributed by atoms with Gasteiger partial charge in [-0.05, 0) is 74.6 Å². The summed E-state index contributed by atoms with van der Waals surface area (Å²) >= 11 is 0. The molecule has 61 heavy (non-hydrogen) atoms. The van der Waals surface area contributed by atoms with E-state index in [0.29, 0.717) is 67.3 Å². The van der Waals surface area contributed by atoms with Gasteiger partial charge in [-0.15, -0.1) is 0 Å². The van der Waals surface area contributed by atoms with Gasteiger partial charge in [0.15, 0.2) is 0 Å². The van der Waals surface area contributed by atoms with Gasteiger partial charge in [-0.3, -0.25) is 34.9 Å². The number of aryl methyl sites for hydroxylation is 2. The first-order chi connectivity index (χ1) is 29.4. The Hall–Kier alpha value is -5.94. The summed E-state index contributed by atoms with van der Waals surface area (Å²) in [5.74, 6) is -2.46. The van der Waals surface area contributed by atoms with Gasteiger partial charge in [0.1, 0.15) is 11.6 Å². The SMILES string of the molecule is Cc1cc2cc(n1)-c1cnn(C)c1OCCC[C@@H](C)Cn1c(nc3ccc(N4CCN(CC5CN(c6cc(F)c([C@H]7CCC(=O)NC7=O)c(F)c6)C5)[C@@H](CO)C4)cc31)NC2=O. The Morgan fingerprint density at radius 2 is 1.72 bits per heavy atom. The molecule has 5 aromatic rings. The number of aromatic nitrogens is 5. The Balaban J connectivity index is 0.884. The fourth-order valence-corrected chi connectivity index (χ4v) is 9.30. The second-order valence-corrected chi connectivity index (χ2v) is 17.0. The topological polar surface area (TPSA) is 163 Å². The largest absolute Gasteiger partial charge is 0.477 e. The van der Waals surface area contributed by atoms with Gasteiger partial charge in [0, 0.05) is 93.4 Å². The van der Waals surface area contributed by atoms with E-state index in [4.69, 9.17) is 14.7 Å². The maximum absolute atomic E-state index is 15.2. The molecule has 3 atom stereocenters. The number of aliphatic hydroxyl groups is 1. The molecule has 15 nitrogen and oxygen atoms in total. The van der Waals surface area contributed by atoms with Crippen LogP contribution in [0, 0.1) is 30.4 Å². The molecule has 320 valence electrons. The highest BCUT2D eigenvalue weighted by Gasteiger charge is 2.36. The zero-order valence-corrected chi connectivity index (χ0v) is 34.5. The van der Waals surface area contributed by atoms with Crippen molar-refractivity contribution >= 4 is 46.1 Å². The molecule has 3 fully saturated rings. The van der Waals surface area contributed by atoms with Crippen molar-refractivity contribution in [2.75, 3.05) is 67.6 Å². The monoisotopic (exact) mass is 836 g/mol. The number of imide groups is 1. The lowest BCUT2D eigenvalue weighted by molar-refractivity contribution is -0.134. The molecule has 0 saturated carbocycles. The number of halogens is 2. The molecule has 3 N–H and O–H groups in total. The van der Waals surface area contributed by atoms with E-state index in [-0.39, 0.29) is 48.8 Å². The minimum Gasteiger partial charge on any atom is -0.477 e. The second-order valence-electron chi connectivity index (χ2n) is 17.0. The molecule has 4 aliphatic rings. The van der Waals surface area contributed by atoms with Crippen molar-refractivity contribution in [3.63, 3.8) is 0 Å². The quantitative estimate of drug-likeness (QED) is 0.205. The normalized spacial score (nSPS) is 21.8. The van der Waals surface area contributed by atoms with Crippen LogP contribution in [0.15, 0.2) is 48.7 Å². The van der Waals surface area contributed by atoms with Crippen molar-refractivity contribution < 1.29 is 33.0 Å². The highest BCUT2D eigenvalue weighted by molar-refractivity contribution is 6.05. The van der Waals surface area contributed by atoms with Crippen LogP contribution in [0.25, 0.3) is 22.3 Å². The predicted octanol–water partition coefficient (Wildman–Crippen LogP) is 4.62. The van der Waals surface area contributed by atoms with Crippen LogP contribution in [-0.4, -0.2) is 111 Å². The number of benzene rings is 2. The van der Waals surface area contributed by atoms with E-state index in [1.807, 2.05) is 31.0 Å². The van der Waals surface area contributed by atoms with Gasteiger partial charge in [-0.2, -0.15) is 5.10 Å². The van der Waals surface area contributed by atoms with Gasteiger partial charge in [0.2, 0.25) is 23.6 Å². The number of nitrogens with zero attached hydrogens (tertiary/aromatic N) is 8.